The van der Waals surface area contributed by atoms with E-state index in [9.17, 15) is 0 Å². The van der Waals surface area contributed by atoms with E-state index in [4.69, 9.17) is 4.74 Å². The quantitative estimate of drug-likeness (QED) is 0.793. The second-order valence-electron chi connectivity index (χ2n) is 5.69. The maximum Gasteiger partial charge on any atom is 0.0955 e. The minimum atomic E-state index is 0.541. The summed E-state index contributed by atoms with van der Waals surface area (Å²) in [7, 11) is 1.81. The number of ether oxygens (including phenoxy) is 1. The van der Waals surface area contributed by atoms with Crippen molar-refractivity contribution in [2.24, 2.45) is 23.7 Å². The Morgan fingerprint density at radius 3 is 2.59 bits per heavy atom. The molecule has 2 heteroatoms. The largest absolute Gasteiger partial charge is 0.501 e. The van der Waals surface area contributed by atoms with Crippen LogP contribution in [-0.2, 0) is 4.74 Å². The Morgan fingerprint density at radius 1 is 1.41 bits per heavy atom. The zero-order chi connectivity index (χ0) is 13.0. The van der Waals surface area contributed by atoms with Crippen molar-refractivity contribution in [3.8, 4) is 0 Å². The summed E-state index contributed by atoms with van der Waals surface area (Å²) in [5.41, 5.74) is 0. The van der Waals surface area contributed by atoms with Gasteiger partial charge in [0.2, 0.25) is 0 Å². The van der Waals surface area contributed by atoms with Crippen LogP contribution in [0, 0.1) is 23.7 Å². The van der Waals surface area contributed by atoms with Gasteiger partial charge in [0.15, 0.2) is 0 Å². The molecular weight excluding hydrogens is 210 g/mol. The van der Waals surface area contributed by atoms with Crippen LogP contribution >= 0.6 is 0 Å². The molecule has 0 aromatic rings. The molecule has 100 valence electrons. The van der Waals surface area contributed by atoms with Crippen molar-refractivity contribution in [3.05, 3.63) is 11.8 Å². The van der Waals surface area contributed by atoms with Gasteiger partial charge in [-0.05, 0) is 43.7 Å². The molecule has 5 atom stereocenters. The minimum Gasteiger partial charge on any atom is -0.501 e. The average Bonchev–Trinajstić information content (AvgIpc) is 2.27. The van der Waals surface area contributed by atoms with Gasteiger partial charge >= 0.3 is 0 Å². The van der Waals surface area contributed by atoms with Gasteiger partial charge in [-0.1, -0.05) is 27.7 Å². The Bertz CT molecular complexity index is 262. The van der Waals surface area contributed by atoms with Crippen molar-refractivity contribution in [1.29, 1.82) is 0 Å². The van der Waals surface area contributed by atoms with Crippen LogP contribution in [0.2, 0.25) is 0 Å². The minimum absolute atomic E-state index is 0.541. The highest BCUT2D eigenvalue weighted by atomic mass is 16.5. The highest BCUT2D eigenvalue weighted by Gasteiger charge is 2.34. The molecule has 0 radical (unpaired) electrons. The van der Waals surface area contributed by atoms with Crippen molar-refractivity contribution in [1.82, 2.24) is 5.32 Å². The zero-order valence-electron chi connectivity index (χ0n) is 12.3. The maximum absolute atomic E-state index is 5.63. The first-order valence-corrected chi connectivity index (χ1v) is 7.00. The van der Waals surface area contributed by atoms with Crippen LogP contribution in [0.25, 0.3) is 0 Å². The van der Waals surface area contributed by atoms with Gasteiger partial charge in [-0.2, -0.15) is 0 Å². The lowest BCUT2D eigenvalue weighted by atomic mass is 9.71. The molecule has 0 bridgehead atoms. The molecule has 0 amide bonds. The van der Waals surface area contributed by atoms with Crippen LogP contribution in [-0.4, -0.2) is 19.7 Å². The van der Waals surface area contributed by atoms with Gasteiger partial charge in [-0.3, -0.25) is 0 Å². The Labute approximate surface area is 107 Å². The van der Waals surface area contributed by atoms with E-state index in [2.05, 4.69) is 46.0 Å². The molecule has 1 N–H and O–H groups in total. The smallest absolute Gasteiger partial charge is 0.0955 e. The third kappa shape index (κ3) is 3.48. The molecule has 0 fully saturated rings. The SMILES string of the molecule is CCNC(C)C(C)C1C(OC)=CC(C)CC1C. The first-order chi connectivity index (χ1) is 8.01. The standard InChI is InChI=1S/C15H29NO/c1-7-16-13(5)12(4)15-11(3)8-10(2)9-14(15)17-6/h9-13,15-16H,7-8H2,1-6H3. The fourth-order valence-corrected chi connectivity index (χ4v) is 3.27. The lowest BCUT2D eigenvalue weighted by Gasteiger charge is -2.38. The molecule has 0 saturated heterocycles. The summed E-state index contributed by atoms with van der Waals surface area (Å²) in [6.45, 7) is 12.5. The normalized spacial score (nSPS) is 32.8. The van der Waals surface area contributed by atoms with Gasteiger partial charge in [-0.15, -0.1) is 0 Å². The predicted octanol–water partition coefficient (Wildman–Crippen LogP) is 3.44. The van der Waals surface area contributed by atoms with Crippen LogP contribution in [0.4, 0.5) is 0 Å². The summed E-state index contributed by atoms with van der Waals surface area (Å²) in [5.74, 6) is 3.74. The topological polar surface area (TPSA) is 21.3 Å². The van der Waals surface area contributed by atoms with E-state index in [0.29, 0.717) is 29.7 Å². The Balaban J connectivity index is 2.81. The third-order valence-corrected chi connectivity index (χ3v) is 4.25. The van der Waals surface area contributed by atoms with Crippen molar-refractivity contribution in [2.45, 2.75) is 47.1 Å². The van der Waals surface area contributed by atoms with Crippen molar-refractivity contribution >= 4 is 0 Å². The molecule has 0 aromatic carbocycles. The molecule has 1 aliphatic rings. The van der Waals surface area contributed by atoms with Crippen LogP contribution in [0.5, 0.6) is 0 Å². The van der Waals surface area contributed by atoms with Crippen molar-refractivity contribution in [2.75, 3.05) is 13.7 Å². The second kappa shape index (κ2) is 6.44. The number of rotatable bonds is 5. The molecule has 0 spiro atoms. The lowest BCUT2D eigenvalue weighted by molar-refractivity contribution is 0.124. The van der Waals surface area contributed by atoms with Crippen molar-refractivity contribution < 1.29 is 4.74 Å². The Morgan fingerprint density at radius 2 is 2.06 bits per heavy atom. The number of nitrogens with one attached hydrogen (secondary N) is 1. The summed E-state index contributed by atoms with van der Waals surface area (Å²) < 4.78 is 5.63. The van der Waals surface area contributed by atoms with Gasteiger partial charge in [0.1, 0.15) is 0 Å². The second-order valence-corrected chi connectivity index (χ2v) is 5.69. The molecule has 2 nitrogen and oxygen atoms in total. The molecular formula is C15H29NO. The van der Waals surface area contributed by atoms with Crippen LogP contribution in [0.1, 0.15) is 41.0 Å². The predicted molar refractivity (Wildman–Crippen MR) is 73.8 cm³/mol. The van der Waals surface area contributed by atoms with E-state index >= 15 is 0 Å². The molecule has 0 heterocycles. The van der Waals surface area contributed by atoms with Gasteiger partial charge in [0.25, 0.3) is 0 Å². The summed E-state index contributed by atoms with van der Waals surface area (Å²) in [4.78, 5) is 0. The van der Waals surface area contributed by atoms with E-state index in [-0.39, 0.29) is 0 Å². The van der Waals surface area contributed by atoms with Crippen LogP contribution in [0.3, 0.4) is 0 Å². The molecule has 0 saturated carbocycles. The lowest BCUT2D eigenvalue weighted by Crippen LogP contribution is -2.40. The monoisotopic (exact) mass is 239 g/mol. The summed E-state index contributed by atoms with van der Waals surface area (Å²) in [5, 5.41) is 3.54. The highest BCUT2D eigenvalue weighted by molar-refractivity contribution is 5.09. The van der Waals surface area contributed by atoms with Gasteiger partial charge < -0.3 is 10.1 Å². The molecule has 0 aliphatic heterocycles. The van der Waals surface area contributed by atoms with Gasteiger partial charge in [0.05, 0.1) is 12.9 Å². The molecule has 17 heavy (non-hydrogen) atoms. The first-order valence-electron chi connectivity index (χ1n) is 7.00. The van der Waals surface area contributed by atoms with E-state index in [1.165, 1.54) is 12.2 Å². The number of methoxy groups -OCH3 is 1. The van der Waals surface area contributed by atoms with Crippen LogP contribution in [0.15, 0.2) is 11.8 Å². The fourth-order valence-electron chi connectivity index (χ4n) is 3.27. The average molecular weight is 239 g/mol. The van der Waals surface area contributed by atoms with Crippen molar-refractivity contribution in [3.63, 3.8) is 0 Å². The fraction of sp³-hybridized carbons (Fsp3) is 0.867. The molecule has 1 aliphatic carbocycles. The number of hydrogen-bond donors (Lipinski definition) is 1. The van der Waals surface area contributed by atoms with E-state index in [1.807, 2.05) is 7.11 Å². The number of hydrogen-bond acceptors (Lipinski definition) is 2. The van der Waals surface area contributed by atoms with Gasteiger partial charge in [-0.25, -0.2) is 0 Å². The van der Waals surface area contributed by atoms with E-state index in [0.717, 1.165) is 6.54 Å². The van der Waals surface area contributed by atoms with Crippen LogP contribution < -0.4 is 5.32 Å². The summed E-state index contributed by atoms with van der Waals surface area (Å²) in [6, 6.07) is 0.541. The first kappa shape index (κ1) is 14.6. The molecule has 0 aromatic heterocycles. The zero-order valence-corrected chi connectivity index (χ0v) is 12.3. The number of allylic oxidation sites excluding steroid dienone is 2. The maximum atomic E-state index is 5.63. The molecule has 1 rings (SSSR count). The van der Waals surface area contributed by atoms with E-state index in [1.54, 1.807) is 0 Å². The Hall–Kier alpha value is -0.500. The van der Waals surface area contributed by atoms with Gasteiger partial charge in [0, 0.05) is 12.0 Å². The summed E-state index contributed by atoms with van der Waals surface area (Å²) in [6.07, 6.45) is 3.60. The molecule has 5 unspecified atom stereocenters. The summed E-state index contributed by atoms with van der Waals surface area (Å²) >= 11 is 0. The highest BCUT2D eigenvalue weighted by Crippen LogP contribution is 2.39. The Kier molecular flexibility index (Phi) is 5.51. The van der Waals surface area contributed by atoms with E-state index < -0.39 is 0 Å². The third-order valence-electron chi connectivity index (χ3n) is 4.25.